The molecule has 15 heavy (non-hydrogen) atoms. The summed E-state index contributed by atoms with van der Waals surface area (Å²) in [7, 11) is 0. The quantitative estimate of drug-likeness (QED) is 0.757. The van der Waals surface area contributed by atoms with E-state index in [2.05, 4.69) is 20.3 Å². The van der Waals surface area contributed by atoms with Crippen LogP contribution < -0.4 is 5.32 Å². The van der Waals surface area contributed by atoms with Gasteiger partial charge < -0.3 is 10.3 Å². The second kappa shape index (κ2) is 3.86. The van der Waals surface area contributed by atoms with Crippen LogP contribution in [-0.2, 0) is 0 Å². The van der Waals surface area contributed by atoms with Gasteiger partial charge in [-0.1, -0.05) is 11.6 Å². The summed E-state index contributed by atoms with van der Waals surface area (Å²) in [5, 5.41) is 2.94. The van der Waals surface area contributed by atoms with Crippen LogP contribution >= 0.6 is 11.6 Å². The van der Waals surface area contributed by atoms with Gasteiger partial charge in [0, 0.05) is 12.7 Å². The average molecular weight is 225 g/mol. The molecular formula is C9H9ClN4O. The van der Waals surface area contributed by atoms with Gasteiger partial charge in [0.2, 0.25) is 0 Å². The molecule has 78 valence electrons. The maximum Gasteiger partial charge on any atom is 0.287 e. The predicted octanol–water partition coefficient (Wildman–Crippen LogP) is 1.36. The molecule has 0 spiro atoms. The third kappa shape index (κ3) is 1.78. The lowest BCUT2D eigenvalue weighted by Crippen LogP contribution is -2.23. The van der Waals surface area contributed by atoms with Crippen LogP contribution in [0.5, 0.6) is 0 Å². The monoisotopic (exact) mass is 224 g/mol. The number of imidazole rings is 1. The number of H-pyrrole nitrogens is 1. The van der Waals surface area contributed by atoms with E-state index in [9.17, 15) is 4.79 Å². The number of hydrogen-bond acceptors (Lipinski definition) is 3. The molecule has 0 aliphatic heterocycles. The van der Waals surface area contributed by atoms with Crippen molar-refractivity contribution in [2.45, 2.75) is 6.92 Å². The van der Waals surface area contributed by atoms with Crippen molar-refractivity contribution in [2.24, 2.45) is 0 Å². The van der Waals surface area contributed by atoms with E-state index in [0.29, 0.717) is 22.7 Å². The molecule has 0 fully saturated rings. The number of aromatic amines is 1. The van der Waals surface area contributed by atoms with Gasteiger partial charge in [0.25, 0.3) is 5.91 Å². The van der Waals surface area contributed by atoms with Crippen LogP contribution in [0.2, 0.25) is 5.15 Å². The molecule has 0 aliphatic carbocycles. The van der Waals surface area contributed by atoms with Crippen molar-refractivity contribution < 1.29 is 4.79 Å². The van der Waals surface area contributed by atoms with Gasteiger partial charge in [-0.3, -0.25) is 4.79 Å². The Morgan fingerprint density at radius 1 is 1.67 bits per heavy atom. The molecule has 0 atom stereocenters. The first-order chi connectivity index (χ1) is 7.22. The van der Waals surface area contributed by atoms with Crippen molar-refractivity contribution in [3.05, 3.63) is 23.2 Å². The Morgan fingerprint density at radius 2 is 2.47 bits per heavy atom. The summed E-state index contributed by atoms with van der Waals surface area (Å²) in [6.07, 6.45) is 1.56. The summed E-state index contributed by atoms with van der Waals surface area (Å²) < 4.78 is 0. The SMILES string of the molecule is CCNC(=O)c1nc2c(Cl)nccc2[nH]1. The molecule has 6 heteroatoms. The maximum atomic E-state index is 11.5. The smallest absolute Gasteiger partial charge is 0.287 e. The molecule has 0 bridgehead atoms. The van der Waals surface area contributed by atoms with Gasteiger partial charge in [0.1, 0.15) is 5.52 Å². The number of carbonyl (C=O) groups is 1. The second-order valence-electron chi connectivity index (χ2n) is 2.94. The molecule has 0 unspecified atom stereocenters. The molecule has 2 heterocycles. The number of fused-ring (bicyclic) bond motifs is 1. The van der Waals surface area contributed by atoms with Crippen LogP contribution in [0.3, 0.4) is 0 Å². The molecule has 0 radical (unpaired) electrons. The van der Waals surface area contributed by atoms with Gasteiger partial charge in [-0.25, -0.2) is 9.97 Å². The number of amides is 1. The van der Waals surface area contributed by atoms with Crippen LogP contribution in [0, 0.1) is 0 Å². The number of pyridine rings is 1. The van der Waals surface area contributed by atoms with Crippen molar-refractivity contribution >= 4 is 28.5 Å². The van der Waals surface area contributed by atoms with Crippen molar-refractivity contribution in [3.63, 3.8) is 0 Å². The first-order valence-electron chi connectivity index (χ1n) is 4.50. The molecule has 1 amide bonds. The van der Waals surface area contributed by atoms with Crippen LogP contribution in [0.15, 0.2) is 12.3 Å². The zero-order valence-corrected chi connectivity index (χ0v) is 8.80. The number of hydrogen-bond donors (Lipinski definition) is 2. The lowest BCUT2D eigenvalue weighted by Gasteiger charge is -1.95. The van der Waals surface area contributed by atoms with E-state index in [1.807, 2.05) is 6.92 Å². The van der Waals surface area contributed by atoms with Gasteiger partial charge >= 0.3 is 0 Å². The van der Waals surface area contributed by atoms with Crippen LogP contribution in [0.1, 0.15) is 17.5 Å². The van der Waals surface area contributed by atoms with E-state index in [1.54, 1.807) is 12.3 Å². The largest absolute Gasteiger partial charge is 0.350 e. The lowest BCUT2D eigenvalue weighted by molar-refractivity contribution is 0.0947. The van der Waals surface area contributed by atoms with Crippen molar-refractivity contribution in [1.29, 1.82) is 0 Å². The second-order valence-corrected chi connectivity index (χ2v) is 3.30. The van der Waals surface area contributed by atoms with E-state index in [0.717, 1.165) is 0 Å². The molecule has 5 nitrogen and oxygen atoms in total. The molecule has 2 aromatic heterocycles. The highest BCUT2D eigenvalue weighted by Gasteiger charge is 2.12. The average Bonchev–Trinajstić information content (AvgIpc) is 2.63. The van der Waals surface area contributed by atoms with E-state index in [-0.39, 0.29) is 11.7 Å². The fourth-order valence-corrected chi connectivity index (χ4v) is 1.46. The highest BCUT2D eigenvalue weighted by atomic mass is 35.5. The minimum absolute atomic E-state index is 0.246. The summed E-state index contributed by atoms with van der Waals surface area (Å²) >= 11 is 5.83. The number of rotatable bonds is 2. The third-order valence-electron chi connectivity index (χ3n) is 1.91. The summed E-state index contributed by atoms with van der Waals surface area (Å²) in [5.41, 5.74) is 1.22. The first-order valence-corrected chi connectivity index (χ1v) is 4.88. The standard InChI is InChI=1S/C9H9ClN4O/c1-2-11-9(15)8-13-5-3-4-12-7(10)6(5)14-8/h3-4H,2H2,1H3,(H,11,15)(H,13,14). The zero-order chi connectivity index (χ0) is 10.8. The topological polar surface area (TPSA) is 70.7 Å². The minimum Gasteiger partial charge on any atom is -0.350 e. The van der Waals surface area contributed by atoms with E-state index in [4.69, 9.17) is 11.6 Å². The van der Waals surface area contributed by atoms with E-state index >= 15 is 0 Å². The Balaban J connectivity index is 2.47. The number of nitrogens with zero attached hydrogens (tertiary/aromatic N) is 2. The molecule has 2 rings (SSSR count). The molecule has 0 aromatic carbocycles. The first kappa shape index (κ1) is 9.92. The van der Waals surface area contributed by atoms with Crippen molar-refractivity contribution in [2.75, 3.05) is 6.54 Å². The summed E-state index contributed by atoms with van der Waals surface area (Å²) in [6, 6.07) is 1.72. The molecule has 0 aliphatic rings. The summed E-state index contributed by atoms with van der Waals surface area (Å²) in [6.45, 7) is 2.40. The van der Waals surface area contributed by atoms with Gasteiger partial charge in [-0.05, 0) is 13.0 Å². The Morgan fingerprint density at radius 3 is 3.13 bits per heavy atom. The Hall–Kier alpha value is -1.62. The maximum absolute atomic E-state index is 11.5. The molecular weight excluding hydrogens is 216 g/mol. The predicted molar refractivity (Wildman–Crippen MR) is 56.9 cm³/mol. The highest BCUT2D eigenvalue weighted by Crippen LogP contribution is 2.17. The Labute approximate surface area is 90.9 Å². The zero-order valence-electron chi connectivity index (χ0n) is 8.04. The number of nitrogens with one attached hydrogen (secondary N) is 2. The third-order valence-corrected chi connectivity index (χ3v) is 2.19. The lowest BCUT2D eigenvalue weighted by atomic mass is 10.4. The van der Waals surface area contributed by atoms with Gasteiger partial charge in [-0.2, -0.15) is 0 Å². The van der Waals surface area contributed by atoms with Crippen LogP contribution in [-0.4, -0.2) is 27.4 Å². The van der Waals surface area contributed by atoms with Crippen molar-refractivity contribution in [3.8, 4) is 0 Å². The fraction of sp³-hybridized carbons (Fsp3) is 0.222. The minimum atomic E-state index is -0.246. The summed E-state index contributed by atoms with van der Waals surface area (Å²) in [5.74, 6) is 0.00603. The van der Waals surface area contributed by atoms with Gasteiger partial charge in [0.15, 0.2) is 11.0 Å². The van der Waals surface area contributed by atoms with Crippen LogP contribution in [0.4, 0.5) is 0 Å². The van der Waals surface area contributed by atoms with Gasteiger partial charge in [-0.15, -0.1) is 0 Å². The van der Waals surface area contributed by atoms with E-state index < -0.39 is 0 Å². The Bertz CT molecular complexity index is 508. The highest BCUT2D eigenvalue weighted by molar-refractivity contribution is 6.33. The van der Waals surface area contributed by atoms with Gasteiger partial charge in [0.05, 0.1) is 5.52 Å². The molecule has 2 aromatic rings. The van der Waals surface area contributed by atoms with Crippen molar-refractivity contribution in [1.82, 2.24) is 20.3 Å². The molecule has 0 saturated heterocycles. The summed E-state index contributed by atoms with van der Waals surface area (Å²) in [4.78, 5) is 22.3. The molecule has 2 N–H and O–H groups in total. The number of carbonyl (C=O) groups excluding carboxylic acids is 1. The van der Waals surface area contributed by atoms with E-state index in [1.165, 1.54) is 0 Å². The van der Waals surface area contributed by atoms with Crippen LogP contribution in [0.25, 0.3) is 11.0 Å². The number of halogens is 1. The fourth-order valence-electron chi connectivity index (χ4n) is 1.25. The Kier molecular flexibility index (Phi) is 2.55. The molecule has 0 saturated carbocycles. The normalized spacial score (nSPS) is 10.5. The number of aromatic nitrogens is 3.